The summed E-state index contributed by atoms with van der Waals surface area (Å²) in [6.45, 7) is 23.1. The number of anilines is 2. The van der Waals surface area contributed by atoms with Crippen LogP contribution in [0.15, 0.2) is 68.7 Å². The lowest BCUT2D eigenvalue weighted by Gasteiger charge is -2.41. The second-order valence-corrected chi connectivity index (χ2v) is 21.6. The van der Waals surface area contributed by atoms with Crippen LogP contribution in [-0.4, -0.2) is 130 Å². The van der Waals surface area contributed by atoms with E-state index in [9.17, 15) is 28.0 Å². The van der Waals surface area contributed by atoms with E-state index >= 15 is 0 Å². The molecular weight excluding hydrogens is 1020 g/mol. The van der Waals surface area contributed by atoms with Crippen LogP contribution in [-0.2, 0) is 9.53 Å². The number of rotatable bonds is 9. The van der Waals surface area contributed by atoms with Crippen LogP contribution < -0.4 is 21.2 Å². The molecule has 8 heterocycles. The summed E-state index contributed by atoms with van der Waals surface area (Å²) in [5.41, 5.74) is 1.15. The van der Waals surface area contributed by atoms with Crippen molar-refractivity contribution < 1.29 is 23.1 Å². The summed E-state index contributed by atoms with van der Waals surface area (Å²) >= 11 is 15.2. The summed E-state index contributed by atoms with van der Waals surface area (Å²) in [7, 11) is 0. The molecule has 17 nitrogen and oxygen atoms in total. The molecule has 0 N–H and O–H groups in total. The van der Waals surface area contributed by atoms with Gasteiger partial charge in [-0.05, 0) is 89.3 Å². The first-order valence-electron chi connectivity index (χ1n) is 23.6. The summed E-state index contributed by atoms with van der Waals surface area (Å²) < 4.78 is 37.7. The molecule has 23 heteroatoms. The average Bonchev–Trinajstić information content (AvgIpc) is 3.33. The first kappa shape index (κ1) is 54.9. The molecule has 0 saturated carbocycles. The Kier molecular flexibility index (Phi) is 16.8. The molecule has 0 aliphatic carbocycles. The number of thioether (sulfide) groups is 2. The van der Waals surface area contributed by atoms with Crippen LogP contribution in [0.3, 0.4) is 0 Å². The fourth-order valence-corrected chi connectivity index (χ4v) is 10.3. The molecule has 2 saturated heterocycles. The van der Waals surface area contributed by atoms with Crippen molar-refractivity contribution >= 4 is 92.4 Å². The van der Waals surface area contributed by atoms with Gasteiger partial charge in [-0.2, -0.15) is 9.97 Å². The van der Waals surface area contributed by atoms with Gasteiger partial charge in [-0.1, -0.05) is 57.5 Å². The zero-order valence-electron chi connectivity index (χ0n) is 42.5. The van der Waals surface area contributed by atoms with E-state index in [0.29, 0.717) is 84.4 Å². The van der Waals surface area contributed by atoms with E-state index in [2.05, 4.69) is 36.5 Å². The monoisotopic (exact) mass is 1080 g/mol. The van der Waals surface area contributed by atoms with E-state index in [1.807, 2.05) is 96.8 Å². The third kappa shape index (κ3) is 11.3. The van der Waals surface area contributed by atoms with Crippen molar-refractivity contribution in [3.8, 4) is 11.4 Å². The van der Waals surface area contributed by atoms with Crippen LogP contribution in [0.4, 0.5) is 25.2 Å². The maximum Gasteiger partial charge on any atom is 0.410 e. The van der Waals surface area contributed by atoms with Crippen molar-refractivity contribution in [3.63, 3.8) is 0 Å². The third-order valence-electron chi connectivity index (χ3n) is 12.3. The molecule has 0 bridgehead atoms. The molecule has 2 aliphatic heterocycles. The summed E-state index contributed by atoms with van der Waals surface area (Å²) in [4.78, 5) is 87.3. The predicted molar refractivity (Wildman–Crippen MR) is 286 cm³/mol. The van der Waals surface area contributed by atoms with Crippen LogP contribution in [0.5, 0.6) is 0 Å². The minimum absolute atomic E-state index is 0.00407. The van der Waals surface area contributed by atoms with E-state index in [0.717, 1.165) is 9.79 Å². The molecule has 8 rings (SSSR count). The van der Waals surface area contributed by atoms with E-state index in [1.165, 1.54) is 50.9 Å². The molecule has 388 valence electrons. The van der Waals surface area contributed by atoms with Gasteiger partial charge in [0.25, 0.3) is 0 Å². The molecular formula is C50H58Cl2F2N12O5S2. The van der Waals surface area contributed by atoms with Crippen molar-refractivity contribution in [1.29, 1.82) is 0 Å². The highest BCUT2D eigenvalue weighted by Gasteiger charge is 2.34. The molecule has 2 amide bonds. The number of hydrogen-bond donors (Lipinski definition) is 0. The first-order valence-corrected chi connectivity index (χ1v) is 26.8. The van der Waals surface area contributed by atoms with Gasteiger partial charge < -0.3 is 24.3 Å². The quantitative estimate of drug-likeness (QED) is 0.0760. The van der Waals surface area contributed by atoms with Gasteiger partial charge in [-0.15, -0.1) is 23.5 Å². The van der Waals surface area contributed by atoms with Crippen LogP contribution >= 0.6 is 46.7 Å². The van der Waals surface area contributed by atoms with Crippen molar-refractivity contribution in [3.05, 3.63) is 104 Å². The van der Waals surface area contributed by atoms with E-state index < -0.39 is 34.7 Å². The number of nitrogens with zero attached hydrogens (tertiary/aromatic N) is 12. The van der Waals surface area contributed by atoms with Crippen molar-refractivity contribution in [2.45, 2.75) is 102 Å². The van der Waals surface area contributed by atoms with Crippen LogP contribution in [0, 0.1) is 11.6 Å². The summed E-state index contributed by atoms with van der Waals surface area (Å²) in [5.74, 6) is -0.981. The van der Waals surface area contributed by atoms with Gasteiger partial charge in [-0.3, -0.25) is 14.8 Å². The highest BCUT2D eigenvalue weighted by atomic mass is 35.5. The van der Waals surface area contributed by atoms with E-state index in [-0.39, 0.29) is 51.4 Å². The van der Waals surface area contributed by atoms with Crippen molar-refractivity contribution in [2.75, 3.05) is 61.6 Å². The first-order chi connectivity index (χ1) is 34.5. The number of carbonyl (C=O) groups excluding carboxylic acids is 2. The SMILES string of the molecule is C=CC(=O)N1CCN(c2nc(=O)n(-c3c(SC)ccnc3C(C)C)c3nc(Cl)c(F)cc23)[C@@H](C)C1.CSc1ccnc(C(C)C)c1-n1c(=O)nc(N2CCN(C(=O)OC(C)(C)C)C[C@@H]2C)c2cc(F)c(Cl)nc21. The molecule has 0 radical (unpaired) electrons. The Hall–Kier alpha value is -5.90. The number of fused-ring (bicyclic) bond motifs is 2. The average molecular weight is 1080 g/mol. The number of aromatic nitrogens is 8. The van der Waals surface area contributed by atoms with Crippen LogP contribution in [0.1, 0.15) is 85.5 Å². The molecule has 6 aromatic rings. The maximum atomic E-state index is 14.8. The number of carbonyl (C=O) groups is 2. The molecule has 0 unspecified atom stereocenters. The van der Waals surface area contributed by atoms with Gasteiger partial charge in [0.2, 0.25) is 5.91 Å². The largest absolute Gasteiger partial charge is 0.444 e. The molecule has 2 aliphatic rings. The Balaban J connectivity index is 0.000000214. The molecule has 2 fully saturated rings. The minimum atomic E-state index is -0.715. The summed E-state index contributed by atoms with van der Waals surface area (Å²) in [6, 6.07) is 5.76. The van der Waals surface area contributed by atoms with E-state index in [4.69, 9.17) is 27.9 Å². The highest BCUT2D eigenvalue weighted by molar-refractivity contribution is 7.99. The van der Waals surface area contributed by atoms with Crippen molar-refractivity contribution in [2.24, 2.45) is 0 Å². The van der Waals surface area contributed by atoms with Gasteiger partial charge >= 0.3 is 17.5 Å². The molecule has 6 aromatic heterocycles. The number of halogens is 4. The second kappa shape index (κ2) is 22.3. The zero-order chi connectivity index (χ0) is 53.4. The van der Waals surface area contributed by atoms with Crippen LogP contribution in [0.2, 0.25) is 10.3 Å². The topological polar surface area (TPSA) is 178 Å². The Morgan fingerprint density at radius 2 is 1.14 bits per heavy atom. The smallest absolute Gasteiger partial charge is 0.410 e. The van der Waals surface area contributed by atoms with Gasteiger partial charge in [-0.25, -0.2) is 42.3 Å². The zero-order valence-corrected chi connectivity index (χ0v) is 45.7. The predicted octanol–water partition coefficient (Wildman–Crippen LogP) is 9.30. The van der Waals surface area contributed by atoms with Gasteiger partial charge in [0.15, 0.2) is 33.2 Å². The standard InChI is InChI=1S/C26H32ClFN6O3S.C24H26ClFN6O2S/c1-14(2)19-20(18(38-7)8-9-29-19)34-23-16(12-17(28)21(27)30-23)22(31-24(34)35)33-11-10-32(13-15(33)3)25(36)37-26(4,5)6;1-6-18(33)30-9-10-31(14(4)12-30)22-15-11-16(26)21(25)28-23(15)32(24(34)29-22)20-17(35-5)7-8-27-19(20)13(2)3/h8-9,12,14-15H,10-11,13H2,1-7H3;6-8,11,13-14H,1,9-10,12H2,2-5H3/t15-;14-/m00/s1. The Morgan fingerprint density at radius 1 is 0.726 bits per heavy atom. The molecule has 0 aromatic carbocycles. The third-order valence-corrected chi connectivity index (χ3v) is 14.3. The Bertz CT molecular complexity index is 3250. The molecule has 73 heavy (non-hydrogen) atoms. The molecule has 0 spiro atoms. The maximum absolute atomic E-state index is 14.8. The van der Waals surface area contributed by atoms with Gasteiger partial charge in [0, 0.05) is 73.5 Å². The number of piperazine rings is 2. The minimum Gasteiger partial charge on any atom is -0.444 e. The van der Waals surface area contributed by atoms with Crippen LogP contribution in [0.25, 0.3) is 33.4 Å². The lowest BCUT2D eigenvalue weighted by Crippen LogP contribution is -2.55. The normalized spacial score (nSPS) is 16.3. The van der Waals surface area contributed by atoms with Crippen molar-refractivity contribution in [1.82, 2.24) is 48.8 Å². The van der Waals surface area contributed by atoms with E-state index in [1.54, 1.807) is 22.2 Å². The summed E-state index contributed by atoms with van der Waals surface area (Å²) in [6.07, 6.45) is 8.09. The Labute approximate surface area is 440 Å². The lowest BCUT2D eigenvalue weighted by atomic mass is 10.1. The summed E-state index contributed by atoms with van der Waals surface area (Å²) in [5, 5.41) is 0.0198. The van der Waals surface area contributed by atoms with Gasteiger partial charge in [0.05, 0.1) is 33.5 Å². The fraction of sp³-hybridized carbons (Fsp3) is 0.440. The number of amides is 2. The fourth-order valence-electron chi connectivity index (χ4n) is 8.90. The number of pyridine rings is 4. The highest BCUT2D eigenvalue weighted by Crippen LogP contribution is 2.37. The molecule has 2 atom stereocenters. The number of hydrogen-bond acceptors (Lipinski definition) is 15. The van der Waals surface area contributed by atoms with Gasteiger partial charge in [0.1, 0.15) is 17.2 Å². The Morgan fingerprint density at radius 3 is 1.51 bits per heavy atom. The lowest BCUT2D eigenvalue weighted by molar-refractivity contribution is -0.126. The second-order valence-electron chi connectivity index (χ2n) is 19.2. The number of ether oxygens (including phenoxy) is 1.